The number of carbonyl (C=O) groups excluding carboxylic acids is 1. The van der Waals surface area contributed by atoms with Gasteiger partial charge in [0.2, 0.25) is 5.91 Å². The van der Waals surface area contributed by atoms with Gasteiger partial charge in [-0.1, -0.05) is 0 Å². The van der Waals surface area contributed by atoms with Crippen LogP contribution in [0.1, 0.15) is 40.3 Å². The van der Waals surface area contributed by atoms with Gasteiger partial charge in [-0.05, 0) is 73.4 Å². The molecule has 110 valence electrons. The zero-order valence-corrected chi connectivity index (χ0v) is 13.2. The normalized spacial score (nSPS) is 17.3. The molecule has 0 saturated heterocycles. The number of carbonyl (C=O) groups is 1. The fourth-order valence-electron chi connectivity index (χ4n) is 3.16. The quantitative estimate of drug-likeness (QED) is 0.823. The highest BCUT2D eigenvalue weighted by Gasteiger charge is 2.27. The third kappa shape index (κ3) is 2.68. The van der Waals surface area contributed by atoms with Crippen molar-refractivity contribution < 1.29 is 4.79 Å². The molecule has 0 saturated carbocycles. The molecule has 3 N–H and O–H groups in total. The van der Waals surface area contributed by atoms with Crippen molar-refractivity contribution in [2.24, 2.45) is 0 Å². The van der Waals surface area contributed by atoms with Crippen LogP contribution in [0.5, 0.6) is 0 Å². The number of nitrogen functional groups attached to an aromatic ring is 1. The van der Waals surface area contributed by atoms with E-state index in [1.807, 2.05) is 26.0 Å². The van der Waals surface area contributed by atoms with Crippen LogP contribution >= 0.6 is 11.3 Å². The predicted octanol–water partition coefficient (Wildman–Crippen LogP) is 4.01. The molecule has 1 unspecified atom stereocenters. The first-order chi connectivity index (χ1) is 10.1. The molecule has 1 aliphatic carbocycles. The lowest BCUT2D eigenvalue weighted by molar-refractivity contribution is -0.117. The van der Waals surface area contributed by atoms with Crippen molar-refractivity contribution >= 4 is 28.6 Å². The maximum atomic E-state index is 12.7. The largest absolute Gasteiger partial charge is 0.399 e. The van der Waals surface area contributed by atoms with Gasteiger partial charge in [0.05, 0.1) is 5.92 Å². The molecule has 0 spiro atoms. The van der Waals surface area contributed by atoms with Gasteiger partial charge in [0.1, 0.15) is 0 Å². The molecule has 1 aromatic heterocycles. The van der Waals surface area contributed by atoms with Gasteiger partial charge in [-0.25, -0.2) is 0 Å². The number of nitrogens with two attached hydrogens (primary N) is 1. The fourth-order valence-corrected chi connectivity index (χ4v) is 4.15. The fraction of sp³-hybridized carbons (Fsp3) is 0.353. The van der Waals surface area contributed by atoms with Gasteiger partial charge in [-0.2, -0.15) is 0 Å². The summed E-state index contributed by atoms with van der Waals surface area (Å²) in [4.78, 5) is 14.0. The van der Waals surface area contributed by atoms with Crippen molar-refractivity contribution in [1.82, 2.24) is 0 Å². The van der Waals surface area contributed by atoms with Gasteiger partial charge < -0.3 is 11.1 Å². The number of thiophene rings is 1. The topological polar surface area (TPSA) is 55.1 Å². The number of aryl methyl sites for hydroxylation is 3. The van der Waals surface area contributed by atoms with Crippen LogP contribution in [0.4, 0.5) is 11.4 Å². The van der Waals surface area contributed by atoms with Gasteiger partial charge in [0, 0.05) is 16.3 Å². The van der Waals surface area contributed by atoms with Crippen molar-refractivity contribution in [1.29, 1.82) is 0 Å². The molecule has 1 aromatic carbocycles. The van der Waals surface area contributed by atoms with E-state index in [-0.39, 0.29) is 11.8 Å². The lowest BCUT2D eigenvalue weighted by atomic mass is 9.87. The Morgan fingerprint density at radius 1 is 1.33 bits per heavy atom. The summed E-state index contributed by atoms with van der Waals surface area (Å²) < 4.78 is 0. The Balaban J connectivity index is 1.86. The smallest absolute Gasteiger partial charge is 0.231 e. The molecular formula is C17H20N2OS. The van der Waals surface area contributed by atoms with Crippen LogP contribution in [0.25, 0.3) is 0 Å². The van der Waals surface area contributed by atoms with E-state index in [4.69, 9.17) is 5.73 Å². The average Bonchev–Trinajstić information content (AvgIpc) is 2.90. The summed E-state index contributed by atoms with van der Waals surface area (Å²) >= 11 is 1.76. The number of fused-ring (bicyclic) bond motifs is 1. The highest BCUT2D eigenvalue weighted by Crippen LogP contribution is 2.36. The molecule has 1 heterocycles. The molecule has 21 heavy (non-hydrogen) atoms. The van der Waals surface area contributed by atoms with Crippen molar-refractivity contribution in [2.75, 3.05) is 11.1 Å². The summed E-state index contributed by atoms with van der Waals surface area (Å²) in [6.45, 7) is 3.96. The molecule has 0 bridgehead atoms. The second kappa shape index (κ2) is 5.53. The molecule has 3 nitrogen and oxygen atoms in total. The van der Waals surface area contributed by atoms with Crippen LogP contribution in [0.2, 0.25) is 0 Å². The maximum Gasteiger partial charge on any atom is 0.231 e. The number of nitrogens with one attached hydrogen (secondary N) is 1. The van der Waals surface area contributed by atoms with Crippen molar-refractivity contribution in [3.63, 3.8) is 0 Å². The summed E-state index contributed by atoms with van der Waals surface area (Å²) in [5, 5.41) is 5.21. The second-order valence-corrected chi connectivity index (χ2v) is 6.76. The Morgan fingerprint density at radius 3 is 2.76 bits per heavy atom. The number of hydrogen-bond acceptors (Lipinski definition) is 3. The number of amides is 1. The zero-order chi connectivity index (χ0) is 15.0. The standard InChI is InChI=1S/C17H20N2OS/c1-10-8-12(18)9-11(2)16(10)19-17(20)14-4-3-5-15-13(14)6-7-21-15/h6-9,14H,3-5,18H2,1-2H3,(H,19,20). The molecule has 1 atom stereocenters. The number of benzene rings is 1. The SMILES string of the molecule is Cc1cc(N)cc(C)c1NC(=O)C1CCCc2sccc21. The summed E-state index contributed by atoms with van der Waals surface area (Å²) in [5.74, 6) is 0.0849. The minimum absolute atomic E-state index is 0.0173. The van der Waals surface area contributed by atoms with Gasteiger partial charge in [-0.3, -0.25) is 4.79 Å². The van der Waals surface area contributed by atoms with Crippen LogP contribution in [-0.2, 0) is 11.2 Å². The molecule has 1 amide bonds. The number of anilines is 2. The molecule has 0 fully saturated rings. The minimum atomic E-state index is -0.0173. The lowest BCUT2D eigenvalue weighted by Crippen LogP contribution is -2.24. The second-order valence-electron chi connectivity index (χ2n) is 5.76. The van der Waals surface area contributed by atoms with Gasteiger partial charge in [0.25, 0.3) is 0 Å². The predicted molar refractivity (Wildman–Crippen MR) is 89.0 cm³/mol. The van der Waals surface area contributed by atoms with E-state index in [0.717, 1.165) is 41.8 Å². The van der Waals surface area contributed by atoms with Crippen molar-refractivity contribution in [3.05, 3.63) is 45.1 Å². The van der Waals surface area contributed by atoms with E-state index in [1.165, 1.54) is 10.4 Å². The molecular weight excluding hydrogens is 280 g/mol. The van der Waals surface area contributed by atoms with Gasteiger partial charge in [0.15, 0.2) is 0 Å². The maximum absolute atomic E-state index is 12.7. The summed E-state index contributed by atoms with van der Waals surface area (Å²) in [7, 11) is 0. The van der Waals surface area contributed by atoms with E-state index < -0.39 is 0 Å². The Morgan fingerprint density at radius 2 is 2.05 bits per heavy atom. The van der Waals surface area contributed by atoms with E-state index in [1.54, 1.807) is 11.3 Å². The van der Waals surface area contributed by atoms with E-state index in [9.17, 15) is 4.79 Å². The van der Waals surface area contributed by atoms with Crippen LogP contribution in [-0.4, -0.2) is 5.91 Å². The first-order valence-electron chi connectivity index (χ1n) is 7.30. The average molecular weight is 300 g/mol. The first kappa shape index (κ1) is 14.1. The highest BCUT2D eigenvalue weighted by atomic mass is 32.1. The van der Waals surface area contributed by atoms with Crippen LogP contribution < -0.4 is 11.1 Å². The van der Waals surface area contributed by atoms with E-state index in [0.29, 0.717) is 0 Å². The van der Waals surface area contributed by atoms with Crippen LogP contribution in [0.3, 0.4) is 0 Å². The highest BCUT2D eigenvalue weighted by molar-refractivity contribution is 7.10. The lowest BCUT2D eigenvalue weighted by Gasteiger charge is -2.23. The molecule has 0 radical (unpaired) electrons. The van der Waals surface area contributed by atoms with Crippen LogP contribution in [0.15, 0.2) is 23.6 Å². The summed E-state index contributed by atoms with van der Waals surface area (Å²) in [5.41, 5.74) is 10.7. The van der Waals surface area contributed by atoms with Crippen molar-refractivity contribution in [3.8, 4) is 0 Å². The Bertz CT molecular complexity index is 667. The van der Waals surface area contributed by atoms with Crippen molar-refractivity contribution in [2.45, 2.75) is 39.0 Å². The number of rotatable bonds is 2. The monoisotopic (exact) mass is 300 g/mol. The zero-order valence-electron chi connectivity index (χ0n) is 12.4. The third-order valence-corrected chi connectivity index (χ3v) is 5.17. The molecule has 1 aliphatic rings. The molecule has 3 rings (SSSR count). The third-order valence-electron chi connectivity index (χ3n) is 4.17. The van der Waals surface area contributed by atoms with Crippen LogP contribution in [0, 0.1) is 13.8 Å². The van der Waals surface area contributed by atoms with Gasteiger partial charge in [-0.15, -0.1) is 11.3 Å². The minimum Gasteiger partial charge on any atom is -0.399 e. The molecule has 0 aliphatic heterocycles. The first-order valence-corrected chi connectivity index (χ1v) is 8.18. The Labute approximate surface area is 129 Å². The Hall–Kier alpha value is -1.81. The molecule has 2 aromatic rings. The summed E-state index contributed by atoms with van der Waals surface area (Å²) in [6, 6.07) is 5.91. The van der Waals surface area contributed by atoms with E-state index in [2.05, 4.69) is 16.8 Å². The Kier molecular flexibility index (Phi) is 3.72. The molecule has 4 heteroatoms. The number of hydrogen-bond donors (Lipinski definition) is 2. The van der Waals surface area contributed by atoms with E-state index >= 15 is 0 Å². The van der Waals surface area contributed by atoms with Gasteiger partial charge >= 0.3 is 0 Å². The summed E-state index contributed by atoms with van der Waals surface area (Å²) in [6.07, 6.45) is 3.13.